The average Bonchev–Trinajstić information content (AvgIpc) is 2.54. The molecule has 2 aromatic rings. The van der Waals surface area contributed by atoms with E-state index in [-0.39, 0.29) is 11.8 Å². The highest BCUT2D eigenvalue weighted by molar-refractivity contribution is 6.05. The maximum Gasteiger partial charge on any atom is 0.255 e. The predicted molar refractivity (Wildman–Crippen MR) is 88.2 cm³/mol. The largest absolute Gasteiger partial charge is 0.497 e. The lowest BCUT2D eigenvalue weighted by atomic mass is 10.2. The van der Waals surface area contributed by atoms with Crippen LogP contribution in [-0.4, -0.2) is 26.0 Å². The molecule has 6 nitrogen and oxygen atoms in total. The standard InChI is InChI=1S/C17H18N2O4/c1-11(20)18-13-6-9-16(23-3)15(10-13)19-17(21)12-4-7-14(22-2)8-5-12/h4-10H,1-3H3,(H,18,20)(H,19,21). The van der Waals surface area contributed by atoms with Crippen molar-refractivity contribution >= 4 is 23.2 Å². The first kappa shape index (κ1) is 16.4. The van der Waals surface area contributed by atoms with Crippen LogP contribution < -0.4 is 20.1 Å². The SMILES string of the molecule is COc1ccc(C(=O)Nc2cc(NC(C)=O)ccc2OC)cc1. The summed E-state index contributed by atoms with van der Waals surface area (Å²) in [7, 11) is 3.07. The quantitative estimate of drug-likeness (QED) is 0.889. The van der Waals surface area contributed by atoms with E-state index >= 15 is 0 Å². The van der Waals surface area contributed by atoms with Gasteiger partial charge in [-0.25, -0.2) is 0 Å². The predicted octanol–water partition coefficient (Wildman–Crippen LogP) is 2.91. The molecule has 0 aliphatic carbocycles. The van der Waals surface area contributed by atoms with Gasteiger partial charge in [-0.1, -0.05) is 0 Å². The summed E-state index contributed by atoms with van der Waals surface area (Å²) in [4.78, 5) is 23.5. The van der Waals surface area contributed by atoms with Crippen molar-refractivity contribution in [3.8, 4) is 11.5 Å². The van der Waals surface area contributed by atoms with Crippen molar-refractivity contribution in [3.05, 3.63) is 48.0 Å². The Morgan fingerprint density at radius 2 is 1.61 bits per heavy atom. The van der Waals surface area contributed by atoms with Gasteiger partial charge < -0.3 is 20.1 Å². The molecule has 0 saturated heterocycles. The van der Waals surface area contributed by atoms with E-state index in [1.165, 1.54) is 14.0 Å². The highest BCUT2D eigenvalue weighted by atomic mass is 16.5. The van der Waals surface area contributed by atoms with E-state index < -0.39 is 0 Å². The minimum atomic E-state index is -0.286. The fourth-order valence-electron chi connectivity index (χ4n) is 2.02. The molecular formula is C17H18N2O4. The molecule has 2 N–H and O–H groups in total. The van der Waals surface area contributed by atoms with E-state index in [4.69, 9.17) is 9.47 Å². The number of benzene rings is 2. The van der Waals surface area contributed by atoms with Crippen molar-refractivity contribution in [1.82, 2.24) is 0 Å². The van der Waals surface area contributed by atoms with Crippen molar-refractivity contribution in [1.29, 1.82) is 0 Å². The fourth-order valence-corrected chi connectivity index (χ4v) is 2.02. The third-order valence-corrected chi connectivity index (χ3v) is 3.12. The number of rotatable bonds is 5. The normalized spacial score (nSPS) is 9.87. The van der Waals surface area contributed by atoms with Gasteiger partial charge in [-0.05, 0) is 42.5 Å². The highest BCUT2D eigenvalue weighted by Gasteiger charge is 2.11. The van der Waals surface area contributed by atoms with Crippen molar-refractivity contribution in [2.45, 2.75) is 6.92 Å². The summed E-state index contributed by atoms with van der Waals surface area (Å²) in [6, 6.07) is 11.8. The summed E-state index contributed by atoms with van der Waals surface area (Å²) >= 11 is 0. The Morgan fingerprint density at radius 1 is 0.913 bits per heavy atom. The molecule has 0 radical (unpaired) electrons. The van der Waals surface area contributed by atoms with Gasteiger partial charge in [0, 0.05) is 18.2 Å². The molecule has 0 unspecified atom stereocenters. The third kappa shape index (κ3) is 4.23. The molecule has 0 bridgehead atoms. The molecule has 6 heteroatoms. The van der Waals surface area contributed by atoms with Gasteiger partial charge >= 0.3 is 0 Å². The molecule has 23 heavy (non-hydrogen) atoms. The van der Waals surface area contributed by atoms with Crippen LogP contribution in [0.3, 0.4) is 0 Å². The van der Waals surface area contributed by atoms with Gasteiger partial charge in [0.2, 0.25) is 5.91 Å². The Kier molecular flexibility index (Phi) is 5.19. The smallest absolute Gasteiger partial charge is 0.255 e. The van der Waals surface area contributed by atoms with E-state index in [9.17, 15) is 9.59 Å². The number of hydrogen-bond donors (Lipinski definition) is 2. The number of methoxy groups -OCH3 is 2. The molecule has 0 atom stereocenters. The molecule has 2 rings (SSSR count). The Bertz CT molecular complexity index is 711. The molecule has 2 aromatic carbocycles. The van der Waals surface area contributed by atoms with Crippen LogP contribution in [0.5, 0.6) is 11.5 Å². The van der Waals surface area contributed by atoms with Crippen LogP contribution in [0.4, 0.5) is 11.4 Å². The summed E-state index contributed by atoms with van der Waals surface area (Å²) in [6.07, 6.45) is 0. The van der Waals surface area contributed by atoms with Crippen molar-refractivity contribution in [2.24, 2.45) is 0 Å². The molecular weight excluding hydrogens is 296 g/mol. The Morgan fingerprint density at radius 3 is 2.17 bits per heavy atom. The van der Waals surface area contributed by atoms with Gasteiger partial charge in [-0.2, -0.15) is 0 Å². The van der Waals surface area contributed by atoms with Gasteiger partial charge in [0.15, 0.2) is 0 Å². The van der Waals surface area contributed by atoms with Crippen LogP contribution in [0.1, 0.15) is 17.3 Å². The average molecular weight is 314 g/mol. The van der Waals surface area contributed by atoms with Gasteiger partial charge in [0.1, 0.15) is 11.5 Å². The Hall–Kier alpha value is -3.02. The van der Waals surface area contributed by atoms with Crippen LogP contribution in [0, 0.1) is 0 Å². The number of carbonyl (C=O) groups excluding carboxylic acids is 2. The van der Waals surface area contributed by atoms with Crippen molar-refractivity contribution in [2.75, 3.05) is 24.9 Å². The number of ether oxygens (including phenoxy) is 2. The number of hydrogen-bond acceptors (Lipinski definition) is 4. The Labute approximate surface area is 134 Å². The van der Waals surface area contributed by atoms with Crippen LogP contribution in [-0.2, 0) is 4.79 Å². The minimum absolute atomic E-state index is 0.192. The molecule has 0 heterocycles. The maximum absolute atomic E-state index is 12.3. The van der Waals surface area contributed by atoms with Gasteiger partial charge in [-0.15, -0.1) is 0 Å². The van der Waals surface area contributed by atoms with E-state index in [0.29, 0.717) is 28.4 Å². The minimum Gasteiger partial charge on any atom is -0.497 e. The molecule has 0 aromatic heterocycles. The topological polar surface area (TPSA) is 76.7 Å². The lowest BCUT2D eigenvalue weighted by Crippen LogP contribution is -2.13. The summed E-state index contributed by atoms with van der Waals surface area (Å²) in [6.45, 7) is 1.42. The first-order valence-corrected chi connectivity index (χ1v) is 6.94. The second-order valence-corrected chi connectivity index (χ2v) is 4.78. The summed E-state index contributed by atoms with van der Waals surface area (Å²) < 4.78 is 10.3. The monoisotopic (exact) mass is 314 g/mol. The Balaban J connectivity index is 2.22. The zero-order valence-corrected chi connectivity index (χ0v) is 13.2. The van der Waals surface area contributed by atoms with Gasteiger partial charge in [0.25, 0.3) is 5.91 Å². The zero-order valence-electron chi connectivity index (χ0n) is 13.2. The van der Waals surface area contributed by atoms with Crippen LogP contribution in [0.15, 0.2) is 42.5 Å². The third-order valence-electron chi connectivity index (χ3n) is 3.12. The molecule has 120 valence electrons. The summed E-state index contributed by atoms with van der Waals surface area (Å²) in [5, 5.41) is 5.44. The lowest BCUT2D eigenvalue weighted by molar-refractivity contribution is -0.114. The lowest BCUT2D eigenvalue weighted by Gasteiger charge is -2.12. The number of carbonyl (C=O) groups is 2. The van der Waals surface area contributed by atoms with Gasteiger partial charge in [0.05, 0.1) is 19.9 Å². The zero-order chi connectivity index (χ0) is 16.8. The summed E-state index contributed by atoms with van der Waals surface area (Å²) in [5.74, 6) is 0.696. The highest BCUT2D eigenvalue weighted by Crippen LogP contribution is 2.28. The van der Waals surface area contributed by atoms with E-state index in [0.717, 1.165) is 0 Å². The maximum atomic E-state index is 12.3. The molecule has 0 aliphatic heterocycles. The van der Waals surface area contributed by atoms with Crippen molar-refractivity contribution < 1.29 is 19.1 Å². The van der Waals surface area contributed by atoms with E-state index in [1.807, 2.05) is 0 Å². The number of nitrogens with one attached hydrogen (secondary N) is 2. The van der Waals surface area contributed by atoms with Crippen LogP contribution in [0.2, 0.25) is 0 Å². The van der Waals surface area contributed by atoms with Crippen molar-refractivity contribution in [3.63, 3.8) is 0 Å². The van der Waals surface area contributed by atoms with Gasteiger partial charge in [-0.3, -0.25) is 9.59 Å². The summed E-state index contributed by atoms with van der Waals surface area (Å²) in [5.41, 5.74) is 1.53. The van der Waals surface area contributed by atoms with E-state index in [2.05, 4.69) is 10.6 Å². The molecule has 2 amide bonds. The first-order valence-electron chi connectivity index (χ1n) is 6.94. The second kappa shape index (κ2) is 7.31. The first-order chi connectivity index (χ1) is 11.0. The molecule has 0 aliphatic rings. The van der Waals surface area contributed by atoms with E-state index in [1.54, 1.807) is 49.6 Å². The number of anilines is 2. The number of amides is 2. The van der Waals surface area contributed by atoms with Crippen LogP contribution in [0.25, 0.3) is 0 Å². The molecule has 0 saturated carbocycles. The molecule has 0 spiro atoms. The fraction of sp³-hybridized carbons (Fsp3) is 0.176. The molecule has 0 fully saturated rings. The van der Waals surface area contributed by atoms with Crippen LogP contribution >= 0.6 is 0 Å². The second-order valence-electron chi connectivity index (χ2n) is 4.78.